The molecule has 1 spiro atoms. The molecule has 6 nitrogen and oxygen atoms in total. The topological polar surface area (TPSA) is 54.8 Å². The van der Waals surface area contributed by atoms with Gasteiger partial charge in [-0.05, 0) is 32.3 Å². The summed E-state index contributed by atoms with van der Waals surface area (Å²) in [5.74, 6) is 0.248. The van der Waals surface area contributed by atoms with Crippen molar-refractivity contribution in [2.75, 3.05) is 39.9 Å². The second-order valence-corrected chi connectivity index (χ2v) is 7.07. The number of rotatable bonds is 4. The van der Waals surface area contributed by atoms with E-state index < -0.39 is 0 Å². The molecule has 2 saturated heterocycles. The average Bonchev–Trinajstić information content (AvgIpc) is 3.14. The van der Waals surface area contributed by atoms with Gasteiger partial charge in [-0.3, -0.25) is 9.59 Å². The SMILES string of the molecule is COCCN1CCC[C@@]2(CCN(C(=O)c3ccn(C)c3C)C2)C1=O. The van der Waals surface area contributed by atoms with Crippen molar-refractivity contribution in [2.45, 2.75) is 26.2 Å². The first-order chi connectivity index (χ1) is 11.5. The molecule has 1 atom stereocenters. The maximum absolute atomic E-state index is 13.0. The normalized spacial score (nSPS) is 24.2. The summed E-state index contributed by atoms with van der Waals surface area (Å²) >= 11 is 0. The summed E-state index contributed by atoms with van der Waals surface area (Å²) in [6.45, 7) is 5.17. The predicted octanol–water partition coefficient (Wildman–Crippen LogP) is 1.43. The highest BCUT2D eigenvalue weighted by Crippen LogP contribution is 2.40. The summed E-state index contributed by atoms with van der Waals surface area (Å²) in [7, 11) is 3.60. The molecule has 0 unspecified atom stereocenters. The number of hydrogen-bond donors (Lipinski definition) is 0. The van der Waals surface area contributed by atoms with Crippen molar-refractivity contribution in [3.8, 4) is 0 Å². The molecular formula is C18H27N3O3. The van der Waals surface area contributed by atoms with Crippen molar-refractivity contribution in [3.05, 3.63) is 23.5 Å². The van der Waals surface area contributed by atoms with Gasteiger partial charge in [0.25, 0.3) is 5.91 Å². The fourth-order valence-electron chi connectivity index (χ4n) is 4.00. The Hall–Kier alpha value is -1.82. The van der Waals surface area contributed by atoms with Gasteiger partial charge in [-0.2, -0.15) is 0 Å². The smallest absolute Gasteiger partial charge is 0.255 e. The molecule has 132 valence electrons. The van der Waals surface area contributed by atoms with Crippen molar-refractivity contribution >= 4 is 11.8 Å². The van der Waals surface area contributed by atoms with Gasteiger partial charge in [0, 0.05) is 52.2 Å². The van der Waals surface area contributed by atoms with E-state index in [1.165, 1.54) is 0 Å². The van der Waals surface area contributed by atoms with Crippen molar-refractivity contribution in [2.24, 2.45) is 12.5 Å². The number of methoxy groups -OCH3 is 1. The number of aryl methyl sites for hydroxylation is 1. The van der Waals surface area contributed by atoms with Crippen LogP contribution in [0.15, 0.2) is 12.3 Å². The van der Waals surface area contributed by atoms with E-state index in [4.69, 9.17) is 4.74 Å². The van der Waals surface area contributed by atoms with E-state index in [-0.39, 0.29) is 17.2 Å². The standard InChI is InChI=1S/C18H27N3O3/c1-14-15(5-9-19(14)2)16(22)21-10-7-18(13-21)6-4-8-20(17(18)23)11-12-24-3/h5,9H,4,6-8,10-13H2,1-3H3/t18-/m0/s1. The molecule has 24 heavy (non-hydrogen) atoms. The molecule has 3 heterocycles. The molecule has 2 aliphatic rings. The Kier molecular flexibility index (Phi) is 4.67. The molecule has 3 rings (SSSR count). The lowest BCUT2D eigenvalue weighted by molar-refractivity contribution is -0.146. The van der Waals surface area contributed by atoms with Crippen molar-refractivity contribution < 1.29 is 14.3 Å². The first-order valence-electron chi connectivity index (χ1n) is 8.68. The molecule has 2 aliphatic heterocycles. The number of aromatic nitrogens is 1. The van der Waals surface area contributed by atoms with Gasteiger partial charge in [-0.1, -0.05) is 0 Å². The molecular weight excluding hydrogens is 306 g/mol. The van der Waals surface area contributed by atoms with Crippen LogP contribution in [0.4, 0.5) is 0 Å². The summed E-state index contributed by atoms with van der Waals surface area (Å²) in [5, 5.41) is 0. The summed E-state index contributed by atoms with van der Waals surface area (Å²) < 4.78 is 7.07. The maximum Gasteiger partial charge on any atom is 0.255 e. The minimum Gasteiger partial charge on any atom is -0.383 e. The quantitative estimate of drug-likeness (QED) is 0.838. The lowest BCUT2D eigenvalue weighted by atomic mass is 9.78. The van der Waals surface area contributed by atoms with Gasteiger partial charge < -0.3 is 19.1 Å². The van der Waals surface area contributed by atoms with Gasteiger partial charge in [0.2, 0.25) is 5.91 Å². The minimum atomic E-state index is -0.385. The molecule has 2 fully saturated rings. The summed E-state index contributed by atoms with van der Waals surface area (Å²) in [6.07, 6.45) is 4.56. The zero-order valence-corrected chi connectivity index (χ0v) is 14.9. The number of nitrogens with zero attached hydrogens (tertiary/aromatic N) is 3. The van der Waals surface area contributed by atoms with Gasteiger partial charge in [0.1, 0.15) is 0 Å². The molecule has 0 aliphatic carbocycles. The Morgan fingerprint density at radius 3 is 2.79 bits per heavy atom. The Morgan fingerprint density at radius 1 is 1.33 bits per heavy atom. The number of amides is 2. The van der Waals surface area contributed by atoms with Crippen LogP contribution in [0.25, 0.3) is 0 Å². The minimum absolute atomic E-state index is 0.0480. The summed E-state index contributed by atoms with van der Waals surface area (Å²) in [6, 6.07) is 1.87. The molecule has 0 saturated carbocycles. The van der Waals surface area contributed by atoms with Gasteiger partial charge in [-0.15, -0.1) is 0 Å². The van der Waals surface area contributed by atoms with E-state index >= 15 is 0 Å². The van der Waals surface area contributed by atoms with E-state index in [2.05, 4.69) is 0 Å². The van der Waals surface area contributed by atoms with Crippen LogP contribution in [-0.2, 0) is 16.6 Å². The lowest BCUT2D eigenvalue weighted by Crippen LogP contribution is -2.51. The molecule has 2 amide bonds. The van der Waals surface area contributed by atoms with E-state index in [9.17, 15) is 9.59 Å². The number of likely N-dealkylation sites (tertiary alicyclic amines) is 2. The monoisotopic (exact) mass is 333 g/mol. The largest absolute Gasteiger partial charge is 0.383 e. The van der Waals surface area contributed by atoms with Crippen molar-refractivity contribution in [3.63, 3.8) is 0 Å². The number of piperidine rings is 1. The van der Waals surface area contributed by atoms with Gasteiger partial charge in [0.15, 0.2) is 0 Å². The fourth-order valence-corrected chi connectivity index (χ4v) is 4.00. The van der Waals surface area contributed by atoms with Gasteiger partial charge >= 0.3 is 0 Å². The second kappa shape index (κ2) is 6.59. The first-order valence-corrected chi connectivity index (χ1v) is 8.68. The Morgan fingerprint density at radius 2 is 2.12 bits per heavy atom. The Bertz CT molecular complexity index is 639. The van der Waals surface area contributed by atoms with Crippen LogP contribution in [0.5, 0.6) is 0 Å². The molecule has 0 aromatic carbocycles. The highest BCUT2D eigenvalue weighted by atomic mass is 16.5. The van der Waals surface area contributed by atoms with Crippen LogP contribution in [0.2, 0.25) is 0 Å². The predicted molar refractivity (Wildman–Crippen MR) is 90.8 cm³/mol. The fraction of sp³-hybridized carbons (Fsp3) is 0.667. The third-order valence-electron chi connectivity index (χ3n) is 5.64. The third-order valence-corrected chi connectivity index (χ3v) is 5.64. The van der Waals surface area contributed by atoms with Crippen LogP contribution in [0, 0.1) is 12.3 Å². The number of hydrogen-bond acceptors (Lipinski definition) is 3. The number of ether oxygens (including phenoxy) is 1. The highest BCUT2D eigenvalue weighted by Gasteiger charge is 2.49. The number of carbonyl (C=O) groups excluding carboxylic acids is 2. The summed E-state index contributed by atoms with van der Waals surface area (Å²) in [4.78, 5) is 29.6. The third kappa shape index (κ3) is 2.83. The molecule has 0 bridgehead atoms. The van der Waals surface area contributed by atoms with Crippen LogP contribution >= 0.6 is 0 Å². The van der Waals surface area contributed by atoms with Gasteiger partial charge in [0.05, 0.1) is 17.6 Å². The van der Waals surface area contributed by atoms with E-state index in [0.717, 1.165) is 37.1 Å². The van der Waals surface area contributed by atoms with E-state index in [0.29, 0.717) is 26.2 Å². The van der Waals surface area contributed by atoms with E-state index in [1.807, 2.05) is 40.6 Å². The van der Waals surface area contributed by atoms with Crippen LogP contribution in [0.1, 0.15) is 35.3 Å². The van der Waals surface area contributed by atoms with E-state index in [1.54, 1.807) is 7.11 Å². The lowest BCUT2D eigenvalue weighted by Gasteiger charge is -2.39. The Labute approximate surface area is 143 Å². The van der Waals surface area contributed by atoms with Crippen LogP contribution in [-0.4, -0.2) is 66.1 Å². The first kappa shape index (κ1) is 17.0. The average molecular weight is 333 g/mol. The molecule has 6 heteroatoms. The highest BCUT2D eigenvalue weighted by molar-refractivity contribution is 5.96. The molecule has 0 N–H and O–H groups in total. The van der Waals surface area contributed by atoms with Crippen molar-refractivity contribution in [1.29, 1.82) is 0 Å². The molecule has 1 aromatic heterocycles. The second-order valence-electron chi connectivity index (χ2n) is 7.07. The number of carbonyl (C=O) groups is 2. The molecule has 0 radical (unpaired) electrons. The molecule has 1 aromatic rings. The Balaban J connectivity index is 1.72. The summed E-state index contributed by atoms with van der Waals surface area (Å²) in [5.41, 5.74) is 1.33. The zero-order chi connectivity index (χ0) is 17.3. The van der Waals surface area contributed by atoms with Crippen LogP contribution in [0.3, 0.4) is 0 Å². The maximum atomic E-state index is 13.0. The zero-order valence-electron chi connectivity index (χ0n) is 14.9. The van der Waals surface area contributed by atoms with Crippen molar-refractivity contribution in [1.82, 2.24) is 14.4 Å². The van der Waals surface area contributed by atoms with Gasteiger partial charge in [-0.25, -0.2) is 0 Å². The van der Waals surface area contributed by atoms with Crippen LogP contribution < -0.4 is 0 Å².